The molecule has 1 unspecified atom stereocenters. The second-order valence-corrected chi connectivity index (χ2v) is 11.2. The van der Waals surface area contributed by atoms with Gasteiger partial charge in [-0.25, -0.2) is 4.98 Å². The highest BCUT2D eigenvalue weighted by Gasteiger charge is 2.49. The molecule has 9 nitrogen and oxygen atoms in total. The number of nitrogens with one attached hydrogen (secondary N) is 1. The largest absolute Gasteiger partial charge is 0.507 e. The molecule has 2 bridgehead atoms. The third kappa shape index (κ3) is 4.36. The third-order valence-electron chi connectivity index (χ3n) is 7.99. The molecular weight excluding hydrogens is 454 g/mol. The Balaban J connectivity index is 1.25. The lowest BCUT2D eigenvalue weighted by molar-refractivity contribution is 0.0766. The van der Waals surface area contributed by atoms with Crippen LogP contribution in [0.25, 0.3) is 22.5 Å². The number of phenolic OH excluding ortho intramolecular Hbond substituents is 1. The first kappa shape index (κ1) is 23.1. The van der Waals surface area contributed by atoms with Crippen molar-refractivity contribution >= 4 is 5.82 Å². The Labute approximate surface area is 211 Å². The molecule has 2 aliphatic heterocycles. The zero-order chi connectivity index (χ0) is 24.9. The summed E-state index contributed by atoms with van der Waals surface area (Å²) in [5, 5.41) is 31.6. The van der Waals surface area contributed by atoms with Crippen molar-refractivity contribution in [3.8, 4) is 34.1 Å². The molecule has 1 aromatic carbocycles. The molecule has 36 heavy (non-hydrogen) atoms. The highest BCUT2D eigenvalue weighted by Crippen LogP contribution is 2.45. The molecule has 4 heterocycles. The quantitative estimate of drug-likeness (QED) is 0.530. The van der Waals surface area contributed by atoms with Gasteiger partial charge in [0.15, 0.2) is 11.6 Å². The van der Waals surface area contributed by atoms with Gasteiger partial charge in [-0.15, -0.1) is 15.3 Å². The van der Waals surface area contributed by atoms with E-state index < -0.39 is 0 Å². The number of nitrogens with zero attached hydrogens (tertiary/aromatic N) is 6. The van der Waals surface area contributed by atoms with Crippen molar-refractivity contribution in [3.63, 3.8) is 0 Å². The molecule has 2 aromatic heterocycles. The summed E-state index contributed by atoms with van der Waals surface area (Å²) in [6.07, 6.45) is 11.8. The van der Waals surface area contributed by atoms with Crippen molar-refractivity contribution in [1.82, 2.24) is 30.7 Å². The number of methoxy groups -OCH3 is 1. The minimum atomic E-state index is 0.0870. The van der Waals surface area contributed by atoms with Crippen LogP contribution < -0.4 is 15.0 Å². The van der Waals surface area contributed by atoms with Crippen LogP contribution in [-0.4, -0.2) is 60.8 Å². The van der Waals surface area contributed by atoms with Gasteiger partial charge < -0.3 is 20.1 Å². The second-order valence-electron chi connectivity index (χ2n) is 11.2. The van der Waals surface area contributed by atoms with Gasteiger partial charge in [0.25, 0.3) is 0 Å². The predicted molar refractivity (Wildman–Crippen MR) is 137 cm³/mol. The lowest BCUT2D eigenvalue weighted by Crippen LogP contribution is -2.67. The first-order chi connectivity index (χ1) is 17.3. The fourth-order valence-electron chi connectivity index (χ4n) is 6.38. The van der Waals surface area contributed by atoms with Gasteiger partial charge in [0.2, 0.25) is 5.88 Å². The number of benzene rings is 1. The number of aromatic nitrogens is 5. The summed E-state index contributed by atoms with van der Waals surface area (Å²) >= 11 is 0. The van der Waals surface area contributed by atoms with E-state index in [1.165, 1.54) is 32.1 Å². The van der Waals surface area contributed by atoms with E-state index in [4.69, 9.17) is 4.74 Å². The first-order valence-corrected chi connectivity index (χ1v) is 12.8. The number of phenols is 1. The molecule has 0 spiro atoms. The SMILES string of the molecule is COc1cc(-c2ccc(-c3ncc(N(C4CC4)C4C[C@]5(C)CCC[C@](C)(C4)N5)nn3)c(O)c2)cnn1. The van der Waals surface area contributed by atoms with Gasteiger partial charge in [0.1, 0.15) is 5.75 Å². The summed E-state index contributed by atoms with van der Waals surface area (Å²) in [4.78, 5) is 7.12. The molecule has 3 aliphatic rings. The van der Waals surface area contributed by atoms with E-state index in [9.17, 15) is 5.11 Å². The second kappa shape index (κ2) is 8.65. The van der Waals surface area contributed by atoms with Crippen molar-refractivity contribution in [2.45, 2.75) is 82.0 Å². The monoisotopic (exact) mass is 487 g/mol. The maximum absolute atomic E-state index is 10.8. The maximum Gasteiger partial charge on any atom is 0.233 e. The summed E-state index contributed by atoms with van der Waals surface area (Å²) in [5.74, 6) is 1.75. The Morgan fingerprint density at radius 2 is 1.75 bits per heavy atom. The van der Waals surface area contributed by atoms with Crippen molar-refractivity contribution in [3.05, 3.63) is 36.7 Å². The molecule has 2 N–H and O–H groups in total. The molecule has 3 atom stereocenters. The minimum absolute atomic E-state index is 0.0870. The van der Waals surface area contributed by atoms with Crippen molar-refractivity contribution in [2.75, 3.05) is 12.0 Å². The van der Waals surface area contributed by atoms with Crippen LogP contribution >= 0.6 is 0 Å². The average molecular weight is 488 g/mol. The maximum atomic E-state index is 10.8. The molecule has 9 heteroatoms. The summed E-state index contributed by atoms with van der Waals surface area (Å²) in [7, 11) is 1.55. The van der Waals surface area contributed by atoms with Crippen LogP contribution in [0.3, 0.4) is 0 Å². The normalized spacial score (nSPS) is 27.5. The number of aromatic hydroxyl groups is 1. The number of hydrogen-bond donors (Lipinski definition) is 2. The summed E-state index contributed by atoms with van der Waals surface area (Å²) < 4.78 is 5.16. The molecule has 1 saturated carbocycles. The molecule has 3 fully saturated rings. The Morgan fingerprint density at radius 3 is 2.39 bits per heavy atom. The molecule has 0 radical (unpaired) electrons. The predicted octanol–water partition coefficient (Wildman–Crippen LogP) is 4.13. The minimum Gasteiger partial charge on any atom is -0.507 e. The van der Waals surface area contributed by atoms with E-state index in [0.717, 1.165) is 29.8 Å². The lowest BCUT2D eigenvalue weighted by atomic mass is 9.69. The van der Waals surface area contributed by atoms with Gasteiger partial charge in [0.05, 0.1) is 25.1 Å². The molecule has 3 aromatic rings. The Morgan fingerprint density at radius 1 is 0.972 bits per heavy atom. The number of piperidine rings is 2. The number of ether oxygens (including phenoxy) is 1. The number of rotatable bonds is 6. The molecule has 0 amide bonds. The first-order valence-electron chi connectivity index (χ1n) is 12.8. The van der Waals surface area contributed by atoms with Crippen molar-refractivity contribution in [2.24, 2.45) is 0 Å². The smallest absolute Gasteiger partial charge is 0.233 e. The zero-order valence-electron chi connectivity index (χ0n) is 21.1. The summed E-state index contributed by atoms with van der Waals surface area (Å²) in [5.41, 5.74) is 2.48. The van der Waals surface area contributed by atoms with E-state index in [0.29, 0.717) is 29.4 Å². The van der Waals surface area contributed by atoms with Crippen molar-refractivity contribution < 1.29 is 9.84 Å². The standard InChI is InChI=1S/C27H33N7O2/c1-26-9-4-10-27(2,33-26)14-20(13-26)34(19-6-7-19)23-16-28-25(32-30-23)21-8-5-17(11-22(21)35)18-12-24(36-3)31-29-15-18/h5,8,11-12,15-16,19-20,33,35H,4,6-7,9-10,13-14H2,1-3H3/t20?,26-,27+. The molecule has 2 saturated heterocycles. The van der Waals surface area contributed by atoms with Crippen molar-refractivity contribution in [1.29, 1.82) is 0 Å². The van der Waals surface area contributed by atoms with Gasteiger partial charge in [-0.2, -0.15) is 5.10 Å². The van der Waals surface area contributed by atoms with Gasteiger partial charge in [-0.05, 0) is 76.5 Å². The average Bonchev–Trinajstić information content (AvgIpc) is 3.69. The van der Waals surface area contributed by atoms with Crippen LogP contribution in [0.15, 0.2) is 36.7 Å². The molecule has 188 valence electrons. The third-order valence-corrected chi connectivity index (χ3v) is 7.99. The number of fused-ring (bicyclic) bond motifs is 2. The topological polar surface area (TPSA) is 109 Å². The van der Waals surface area contributed by atoms with E-state index in [1.807, 2.05) is 18.3 Å². The molecular formula is C27H33N7O2. The highest BCUT2D eigenvalue weighted by atomic mass is 16.5. The summed E-state index contributed by atoms with van der Waals surface area (Å²) in [6, 6.07) is 8.10. The zero-order valence-corrected chi connectivity index (χ0v) is 21.1. The fourth-order valence-corrected chi connectivity index (χ4v) is 6.38. The van der Waals surface area contributed by atoms with E-state index in [-0.39, 0.29) is 16.8 Å². The van der Waals surface area contributed by atoms with E-state index in [1.54, 1.807) is 25.4 Å². The Kier molecular flexibility index (Phi) is 5.55. The molecule has 1 aliphatic carbocycles. The summed E-state index contributed by atoms with van der Waals surface area (Å²) in [6.45, 7) is 4.75. The Bertz CT molecular complexity index is 1250. The van der Waals surface area contributed by atoms with Crippen LogP contribution in [0.4, 0.5) is 5.82 Å². The van der Waals surface area contributed by atoms with Gasteiger partial charge in [-0.1, -0.05) is 6.07 Å². The number of anilines is 1. The van der Waals surface area contributed by atoms with Crippen LogP contribution in [-0.2, 0) is 0 Å². The number of hydrogen-bond acceptors (Lipinski definition) is 9. The van der Waals surface area contributed by atoms with Crippen LogP contribution in [0.5, 0.6) is 11.6 Å². The molecule has 6 rings (SSSR count). The lowest BCUT2D eigenvalue weighted by Gasteiger charge is -2.55. The van der Waals surface area contributed by atoms with Gasteiger partial charge in [0, 0.05) is 34.8 Å². The Hall–Kier alpha value is -3.33. The van der Waals surface area contributed by atoms with Crippen LogP contribution in [0.1, 0.15) is 58.8 Å². The fraction of sp³-hybridized carbons (Fsp3) is 0.519. The van der Waals surface area contributed by atoms with Crippen LogP contribution in [0, 0.1) is 0 Å². The van der Waals surface area contributed by atoms with Crippen LogP contribution in [0.2, 0.25) is 0 Å². The van der Waals surface area contributed by atoms with Gasteiger partial charge >= 0.3 is 0 Å². The van der Waals surface area contributed by atoms with E-state index in [2.05, 4.69) is 49.4 Å². The van der Waals surface area contributed by atoms with E-state index >= 15 is 0 Å². The highest BCUT2D eigenvalue weighted by molar-refractivity contribution is 5.72. The van der Waals surface area contributed by atoms with Gasteiger partial charge in [-0.3, -0.25) is 0 Å².